The molecule has 0 saturated heterocycles. The number of aliphatic hydroxyl groups excluding tert-OH is 3. The summed E-state index contributed by atoms with van der Waals surface area (Å²) in [6.07, 6.45) is -1.96. The maximum absolute atomic E-state index is 11.2. The fraction of sp³-hybridized carbons (Fsp3) is 0.889. The highest BCUT2D eigenvalue weighted by Gasteiger charge is 2.28. The summed E-state index contributed by atoms with van der Waals surface area (Å²) in [7, 11) is 0. The zero-order valence-electron chi connectivity index (χ0n) is 8.27. The first-order valence-corrected chi connectivity index (χ1v) is 4.42. The van der Waals surface area contributed by atoms with Crippen molar-refractivity contribution in [3.8, 4) is 0 Å². The van der Waals surface area contributed by atoms with E-state index >= 15 is 0 Å². The number of hydrogen-bond donors (Lipinski definition) is 3. The molecule has 0 bridgehead atoms. The SMILES string of the molecule is C[C@H](CO)[C@@H](O)[C@H](C)C(=O)[C@@H](C)O. The molecule has 78 valence electrons. The maximum Gasteiger partial charge on any atom is 0.166 e. The Bertz CT molecular complexity index is 167. The van der Waals surface area contributed by atoms with E-state index in [1.165, 1.54) is 6.92 Å². The van der Waals surface area contributed by atoms with E-state index in [2.05, 4.69) is 0 Å². The number of ketones is 1. The van der Waals surface area contributed by atoms with E-state index < -0.39 is 23.9 Å². The smallest absolute Gasteiger partial charge is 0.166 e. The summed E-state index contributed by atoms with van der Waals surface area (Å²) in [6, 6.07) is 0. The fourth-order valence-corrected chi connectivity index (χ4v) is 1.15. The van der Waals surface area contributed by atoms with Crippen LogP contribution in [-0.2, 0) is 4.79 Å². The molecule has 0 unspecified atom stereocenters. The Balaban J connectivity index is 4.24. The summed E-state index contributed by atoms with van der Waals surface area (Å²) >= 11 is 0. The first-order chi connectivity index (χ1) is 5.91. The molecule has 0 aromatic carbocycles. The molecule has 13 heavy (non-hydrogen) atoms. The lowest BCUT2D eigenvalue weighted by Crippen LogP contribution is -2.37. The normalized spacial score (nSPS) is 20.5. The van der Waals surface area contributed by atoms with Gasteiger partial charge in [0.25, 0.3) is 0 Å². The molecule has 0 amide bonds. The topological polar surface area (TPSA) is 77.8 Å². The van der Waals surface area contributed by atoms with Crippen molar-refractivity contribution in [3.63, 3.8) is 0 Å². The molecule has 4 atom stereocenters. The van der Waals surface area contributed by atoms with Crippen LogP contribution in [-0.4, -0.2) is 39.9 Å². The molecule has 0 heterocycles. The standard InChI is InChI=1S/C9H18O4/c1-5(4-10)8(12)6(2)9(13)7(3)11/h5-8,10-12H,4H2,1-3H3/t5-,6+,7-,8-/m1/s1. The van der Waals surface area contributed by atoms with Gasteiger partial charge >= 0.3 is 0 Å². The van der Waals surface area contributed by atoms with Crippen LogP contribution in [0, 0.1) is 11.8 Å². The van der Waals surface area contributed by atoms with Crippen LogP contribution in [0.4, 0.5) is 0 Å². The molecule has 0 fully saturated rings. The van der Waals surface area contributed by atoms with Crippen LogP contribution >= 0.6 is 0 Å². The summed E-state index contributed by atoms with van der Waals surface area (Å²) in [4.78, 5) is 11.2. The maximum atomic E-state index is 11.2. The van der Waals surface area contributed by atoms with Crippen molar-refractivity contribution in [1.29, 1.82) is 0 Å². The van der Waals surface area contributed by atoms with E-state index in [0.717, 1.165) is 0 Å². The van der Waals surface area contributed by atoms with Gasteiger partial charge in [-0.1, -0.05) is 13.8 Å². The summed E-state index contributed by atoms with van der Waals surface area (Å²) < 4.78 is 0. The van der Waals surface area contributed by atoms with Crippen molar-refractivity contribution in [2.24, 2.45) is 11.8 Å². The molecular formula is C9H18O4. The average Bonchev–Trinajstić information content (AvgIpc) is 2.12. The second kappa shape index (κ2) is 5.32. The van der Waals surface area contributed by atoms with E-state index in [-0.39, 0.29) is 12.5 Å². The summed E-state index contributed by atoms with van der Waals surface area (Å²) in [5.41, 5.74) is 0. The molecule has 0 aliphatic heterocycles. The Morgan fingerprint density at radius 3 is 2.00 bits per heavy atom. The van der Waals surface area contributed by atoms with Gasteiger partial charge in [0, 0.05) is 18.4 Å². The molecule has 0 spiro atoms. The summed E-state index contributed by atoms with van der Waals surface area (Å²) in [5.74, 6) is -1.38. The Morgan fingerprint density at radius 1 is 1.23 bits per heavy atom. The Kier molecular flexibility index (Phi) is 5.13. The molecule has 0 saturated carbocycles. The van der Waals surface area contributed by atoms with Gasteiger partial charge in [0.2, 0.25) is 0 Å². The van der Waals surface area contributed by atoms with Crippen molar-refractivity contribution >= 4 is 5.78 Å². The highest BCUT2D eigenvalue weighted by molar-refractivity contribution is 5.84. The lowest BCUT2D eigenvalue weighted by Gasteiger charge is -2.23. The Hall–Kier alpha value is -0.450. The van der Waals surface area contributed by atoms with Gasteiger partial charge in [-0.2, -0.15) is 0 Å². The van der Waals surface area contributed by atoms with E-state index in [9.17, 15) is 9.90 Å². The molecule has 4 heteroatoms. The van der Waals surface area contributed by atoms with Gasteiger partial charge in [-0.25, -0.2) is 0 Å². The molecular weight excluding hydrogens is 172 g/mol. The van der Waals surface area contributed by atoms with Crippen LogP contribution in [0.3, 0.4) is 0 Å². The minimum absolute atomic E-state index is 0.168. The van der Waals surface area contributed by atoms with Gasteiger partial charge in [-0.3, -0.25) is 4.79 Å². The molecule has 0 aliphatic rings. The van der Waals surface area contributed by atoms with Crippen molar-refractivity contribution in [3.05, 3.63) is 0 Å². The highest BCUT2D eigenvalue weighted by atomic mass is 16.3. The average molecular weight is 190 g/mol. The number of carbonyl (C=O) groups excluding carboxylic acids is 1. The van der Waals surface area contributed by atoms with Crippen LogP contribution in [0.15, 0.2) is 0 Å². The summed E-state index contributed by atoms with van der Waals surface area (Å²) in [6.45, 7) is 4.40. The Labute approximate surface area is 78.2 Å². The van der Waals surface area contributed by atoms with E-state index in [1.54, 1.807) is 13.8 Å². The highest BCUT2D eigenvalue weighted by Crippen LogP contribution is 2.14. The molecule has 0 aromatic heterocycles. The molecule has 0 rings (SSSR count). The minimum Gasteiger partial charge on any atom is -0.396 e. The third kappa shape index (κ3) is 3.42. The van der Waals surface area contributed by atoms with Gasteiger partial charge < -0.3 is 15.3 Å². The van der Waals surface area contributed by atoms with Crippen LogP contribution in [0.2, 0.25) is 0 Å². The van der Waals surface area contributed by atoms with Gasteiger partial charge in [-0.15, -0.1) is 0 Å². The van der Waals surface area contributed by atoms with E-state index in [0.29, 0.717) is 0 Å². The first-order valence-electron chi connectivity index (χ1n) is 4.42. The zero-order valence-corrected chi connectivity index (χ0v) is 8.27. The van der Waals surface area contributed by atoms with Crippen molar-refractivity contribution in [2.45, 2.75) is 33.0 Å². The quantitative estimate of drug-likeness (QED) is 0.549. The van der Waals surface area contributed by atoms with Crippen LogP contribution in [0.1, 0.15) is 20.8 Å². The van der Waals surface area contributed by atoms with Crippen molar-refractivity contribution in [2.75, 3.05) is 6.61 Å². The Morgan fingerprint density at radius 2 is 1.69 bits per heavy atom. The molecule has 4 nitrogen and oxygen atoms in total. The largest absolute Gasteiger partial charge is 0.396 e. The monoisotopic (exact) mass is 190 g/mol. The van der Waals surface area contributed by atoms with E-state index in [4.69, 9.17) is 10.2 Å². The molecule has 0 aliphatic carbocycles. The van der Waals surface area contributed by atoms with Crippen LogP contribution in [0.25, 0.3) is 0 Å². The molecule has 0 radical (unpaired) electrons. The van der Waals surface area contributed by atoms with Gasteiger partial charge in [0.05, 0.1) is 6.10 Å². The number of rotatable bonds is 5. The zero-order chi connectivity index (χ0) is 10.6. The van der Waals surface area contributed by atoms with Crippen molar-refractivity contribution < 1.29 is 20.1 Å². The minimum atomic E-state index is -1.06. The predicted molar refractivity (Wildman–Crippen MR) is 48.1 cm³/mol. The third-order valence-corrected chi connectivity index (χ3v) is 2.24. The van der Waals surface area contributed by atoms with Gasteiger partial charge in [0.15, 0.2) is 5.78 Å². The number of hydrogen-bond acceptors (Lipinski definition) is 4. The summed E-state index contributed by atoms with van der Waals surface area (Å²) in [5, 5.41) is 27.2. The third-order valence-electron chi connectivity index (χ3n) is 2.24. The van der Waals surface area contributed by atoms with Crippen LogP contribution < -0.4 is 0 Å². The fourth-order valence-electron chi connectivity index (χ4n) is 1.15. The van der Waals surface area contributed by atoms with Crippen LogP contribution in [0.5, 0.6) is 0 Å². The first kappa shape index (κ1) is 12.6. The number of aliphatic hydroxyl groups is 3. The number of carbonyl (C=O) groups is 1. The van der Waals surface area contributed by atoms with Crippen molar-refractivity contribution in [1.82, 2.24) is 0 Å². The van der Waals surface area contributed by atoms with Gasteiger partial charge in [-0.05, 0) is 6.92 Å². The lowest BCUT2D eigenvalue weighted by molar-refractivity contribution is -0.134. The van der Waals surface area contributed by atoms with Gasteiger partial charge in [0.1, 0.15) is 6.10 Å². The molecule has 0 aromatic rings. The predicted octanol–water partition coefficient (Wildman–Crippen LogP) is -0.438. The second-order valence-corrected chi connectivity index (χ2v) is 3.52. The lowest BCUT2D eigenvalue weighted by atomic mass is 9.89. The molecule has 3 N–H and O–H groups in total. The number of Topliss-reactive ketones (excluding diaryl/α,β-unsaturated/α-hetero) is 1. The second-order valence-electron chi connectivity index (χ2n) is 3.52. The van der Waals surface area contributed by atoms with E-state index in [1.807, 2.05) is 0 Å².